The number of carbonyl (C=O) groups excluding carboxylic acids is 3. The Kier molecular flexibility index (Phi) is 38.9. The minimum atomic E-state index is -1.14. The van der Waals surface area contributed by atoms with Gasteiger partial charge in [-0.25, -0.2) is 0 Å². The number of rotatable bonds is 39. The highest BCUT2D eigenvalue weighted by Gasteiger charge is 2.25. The maximum Gasteiger partial charge on any atom is 0.306 e. The number of allylic oxidation sites excluding steroid dienone is 18. The van der Waals surface area contributed by atoms with Crippen molar-refractivity contribution in [2.75, 3.05) is 41.0 Å². The van der Waals surface area contributed by atoms with Crippen molar-refractivity contribution in [1.82, 2.24) is 0 Å². The molecule has 2 atom stereocenters. The molecule has 8 heteroatoms. The summed E-state index contributed by atoms with van der Waals surface area (Å²) in [7, 11) is 5.37. The van der Waals surface area contributed by atoms with Crippen molar-refractivity contribution in [3.05, 3.63) is 109 Å². The van der Waals surface area contributed by atoms with Gasteiger partial charge in [-0.15, -0.1) is 0 Å². The van der Waals surface area contributed by atoms with Gasteiger partial charge in [0.25, 0.3) is 0 Å². The predicted octanol–water partition coefficient (Wildman–Crippen LogP) is 11.5. The van der Waals surface area contributed by atoms with Crippen LogP contribution in [0.1, 0.15) is 149 Å². The van der Waals surface area contributed by atoms with Gasteiger partial charge in [-0.1, -0.05) is 162 Å². The minimum absolute atomic E-state index is 0.0109. The molecule has 0 bridgehead atoms. The van der Waals surface area contributed by atoms with E-state index in [1.165, 1.54) is 25.7 Å². The van der Waals surface area contributed by atoms with Crippen LogP contribution in [0.4, 0.5) is 0 Å². The number of hydrogen-bond donors (Lipinski definition) is 0. The van der Waals surface area contributed by atoms with E-state index in [-0.39, 0.29) is 55.5 Å². The SMILES string of the molecule is CC/C=C/C=C/C=C/C=C/C=C/CCCCCC(=O)OCC(COCCC(C(=O)[O-])[N+](C)(C)C)OC(=O)CCCCCCC/C=C/C/C=C/C/C=C/C/C=C/CCCCC. The summed E-state index contributed by atoms with van der Waals surface area (Å²) in [6, 6.07) is -0.744. The van der Waals surface area contributed by atoms with Crippen molar-refractivity contribution in [3.63, 3.8) is 0 Å². The first-order valence-electron chi connectivity index (χ1n) is 23.0. The molecule has 338 valence electrons. The molecule has 0 N–H and O–H groups in total. The van der Waals surface area contributed by atoms with Crippen LogP contribution in [0.3, 0.4) is 0 Å². The third-order valence-corrected chi connectivity index (χ3v) is 9.52. The highest BCUT2D eigenvalue weighted by Crippen LogP contribution is 2.12. The average molecular weight is 834 g/mol. The normalized spacial score (nSPS) is 13.9. The molecule has 0 heterocycles. The molecule has 2 unspecified atom stereocenters. The second-order valence-corrected chi connectivity index (χ2v) is 16.0. The number of esters is 2. The number of unbranched alkanes of at least 4 members (excludes halogenated alkanes) is 11. The van der Waals surface area contributed by atoms with Gasteiger partial charge in [0.15, 0.2) is 6.10 Å². The number of carbonyl (C=O) groups is 3. The molecule has 0 aromatic carbocycles. The highest BCUT2D eigenvalue weighted by atomic mass is 16.6. The number of quaternary nitrogens is 1. The van der Waals surface area contributed by atoms with Gasteiger partial charge >= 0.3 is 11.9 Å². The molecule has 0 radical (unpaired) electrons. The summed E-state index contributed by atoms with van der Waals surface area (Å²) in [5.41, 5.74) is 0. The molecule has 0 aliphatic heterocycles. The van der Waals surface area contributed by atoms with Crippen LogP contribution in [0.5, 0.6) is 0 Å². The Balaban J connectivity index is 4.45. The second kappa shape index (κ2) is 41.7. The molecular formula is C52H83NO7. The van der Waals surface area contributed by atoms with Gasteiger partial charge in [-0.3, -0.25) is 9.59 Å². The Hall–Kier alpha value is -4.01. The maximum atomic E-state index is 12.7. The van der Waals surface area contributed by atoms with E-state index >= 15 is 0 Å². The third kappa shape index (κ3) is 39.5. The smallest absolute Gasteiger partial charge is 0.306 e. The van der Waals surface area contributed by atoms with E-state index < -0.39 is 18.1 Å². The van der Waals surface area contributed by atoms with Gasteiger partial charge in [0.05, 0.1) is 40.3 Å². The number of hydrogen-bond acceptors (Lipinski definition) is 7. The number of aliphatic carboxylic acids is 1. The van der Waals surface area contributed by atoms with Gasteiger partial charge in [0, 0.05) is 19.3 Å². The number of carboxylic acids is 1. The van der Waals surface area contributed by atoms with Crippen LogP contribution in [0.25, 0.3) is 0 Å². The Labute approximate surface area is 366 Å². The summed E-state index contributed by atoms with van der Waals surface area (Å²) in [6.07, 6.45) is 56.8. The first-order valence-corrected chi connectivity index (χ1v) is 23.0. The fourth-order valence-corrected chi connectivity index (χ4v) is 5.96. The number of likely N-dealkylation sites (N-methyl/N-ethyl adjacent to an activating group) is 1. The lowest BCUT2D eigenvalue weighted by Crippen LogP contribution is -2.55. The molecule has 60 heavy (non-hydrogen) atoms. The van der Waals surface area contributed by atoms with E-state index in [1.54, 1.807) is 21.1 Å². The summed E-state index contributed by atoms with van der Waals surface area (Å²) in [6.45, 7) is 4.40. The minimum Gasteiger partial charge on any atom is -0.544 e. The topological polar surface area (TPSA) is 102 Å². The standard InChI is InChI=1S/C52H83NO7/c1-6-8-10-12-14-16-18-20-22-23-24-25-26-27-29-31-33-35-37-39-41-43-51(55)60-48(46-58-45-44-49(52(56)57)53(3,4)5)47-59-50(54)42-40-38-36-34-32-30-28-21-19-17-15-13-11-9-7-2/h9,11,13-17,19-22,24-25,27-30,32,48-49H,6-8,10,12,18,23,26,31,33-47H2,1-5H3/b11-9+,15-13+,16-14+,19-17+,22-20+,25-24+,28-21+,29-27+,32-30+. The Bertz CT molecular complexity index is 1340. The fourth-order valence-electron chi connectivity index (χ4n) is 5.96. The van der Waals surface area contributed by atoms with E-state index in [4.69, 9.17) is 14.2 Å². The fraction of sp³-hybridized carbons (Fsp3) is 0.596. The van der Waals surface area contributed by atoms with Crippen molar-refractivity contribution in [2.45, 2.75) is 161 Å². The van der Waals surface area contributed by atoms with Crippen LogP contribution in [0, 0.1) is 0 Å². The first-order chi connectivity index (χ1) is 29.1. The van der Waals surface area contributed by atoms with E-state index in [0.29, 0.717) is 6.42 Å². The summed E-state index contributed by atoms with van der Waals surface area (Å²) < 4.78 is 17.1. The van der Waals surface area contributed by atoms with Crippen molar-refractivity contribution in [3.8, 4) is 0 Å². The number of nitrogens with zero attached hydrogens (tertiary/aromatic N) is 1. The molecule has 0 aromatic heterocycles. The summed E-state index contributed by atoms with van der Waals surface area (Å²) in [5.74, 6) is -1.83. The van der Waals surface area contributed by atoms with Gasteiger partial charge < -0.3 is 28.6 Å². The molecule has 0 aliphatic carbocycles. The molecule has 8 nitrogen and oxygen atoms in total. The zero-order chi connectivity index (χ0) is 44.2. The van der Waals surface area contributed by atoms with Crippen molar-refractivity contribution in [2.24, 2.45) is 0 Å². The third-order valence-electron chi connectivity index (χ3n) is 9.52. The lowest BCUT2D eigenvalue weighted by atomic mass is 10.1. The number of ether oxygens (including phenoxy) is 3. The van der Waals surface area contributed by atoms with E-state index in [9.17, 15) is 19.5 Å². The van der Waals surface area contributed by atoms with Crippen LogP contribution < -0.4 is 5.11 Å². The molecule has 0 fully saturated rings. The zero-order valence-electron chi connectivity index (χ0n) is 38.3. The summed E-state index contributed by atoms with van der Waals surface area (Å²) >= 11 is 0. The molecule has 0 saturated carbocycles. The number of carboxylic acid groups (broad SMARTS) is 1. The largest absolute Gasteiger partial charge is 0.544 e. The molecule has 0 rings (SSSR count). The van der Waals surface area contributed by atoms with Gasteiger partial charge in [0.1, 0.15) is 12.6 Å². The van der Waals surface area contributed by atoms with Crippen LogP contribution in [-0.4, -0.2) is 75.5 Å². The van der Waals surface area contributed by atoms with E-state index in [0.717, 1.165) is 83.5 Å². The predicted molar refractivity (Wildman–Crippen MR) is 249 cm³/mol. The molecular weight excluding hydrogens is 751 g/mol. The van der Waals surface area contributed by atoms with E-state index in [1.807, 2.05) is 48.6 Å². The molecule has 0 spiro atoms. The first kappa shape index (κ1) is 56.0. The van der Waals surface area contributed by atoms with Crippen molar-refractivity contribution >= 4 is 17.9 Å². The average Bonchev–Trinajstić information content (AvgIpc) is 3.21. The molecule has 0 saturated heterocycles. The Morgan fingerprint density at radius 2 is 1.00 bits per heavy atom. The Morgan fingerprint density at radius 3 is 1.55 bits per heavy atom. The Morgan fingerprint density at radius 1 is 0.533 bits per heavy atom. The second-order valence-electron chi connectivity index (χ2n) is 16.0. The maximum absolute atomic E-state index is 12.7. The summed E-state index contributed by atoms with van der Waals surface area (Å²) in [4.78, 5) is 36.9. The van der Waals surface area contributed by atoms with Crippen LogP contribution in [0.2, 0.25) is 0 Å². The van der Waals surface area contributed by atoms with Gasteiger partial charge in [-0.05, 0) is 77.0 Å². The van der Waals surface area contributed by atoms with E-state index in [2.05, 4.69) is 74.6 Å². The molecule has 0 aromatic rings. The van der Waals surface area contributed by atoms with Gasteiger partial charge in [0.2, 0.25) is 0 Å². The summed E-state index contributed by atoms with van der Waals surface area (Å²) in [5, 5.41) is 11.6. The lowest BCUT2D eigenvalue weighted by molar-refractivity contribution is -0.889. The lowest BCUT2D eigenvalue weighted by Gasteiger charge is -2.34. The van der Waals surface area contributed by atoms with Crippen molar-refractivity contribution < 1.29 is 38.2 Å². The van der Waals surface area contributed by atoms with Crippen LogP contribution in [0.15, 0.2) is 109 Å². The van der Waals surface area contributed by atoms with Crippen molar-refractivity contribution in [1.29, 1.82) is 0 Å². The monoisotopic (exact) mass is 834 g/mol. The highest BCUT2D eigenvalue weighted by molar-refractivity contribution is 5.70. The quantitative estimate of drug-likeness (QED) is 0.0200. The van der Waals surface area contributed by atoms with Gasteiger partial charge in [-0.2, -0.15) is 0 Å². The van der Waals surface area contributed by atoms with Crippen LogP contribution >= 0.6 is 0 Å². The molecule has 0 amide bonds. The van der Waals surface area contributed by atoms with Crippen LogP contribution in [-0.2, 0) is 28.6 Å². The molecule has 0 aliphatic rings. The zero-order valence-corrected chi connectivity index (χ0v) is 38.3.